The number of halogens is 1. The highest BCUT2D eigenvalue weighted by Gasteiger charge is 2.23. The van der Waals surface area contributed by atoms with E-state index in [9.17, 15) is 4.79 Å². The summed E-state index contributed by atoms with van der Waals surface area (Å²) in [7, 11) is 4.82. The number of rotatable bonds is 6. The predicted molar refractivity (Wildman–Crippen MR) is 88.7 cm³/mol. The molecule has 1 aromatic rings. The number of benzene rings is 1. The molecule has 1 amide bonds. The molecule has 0 unspecified atom stereocenters. The van der Waals surface area contributed by atoms with Crippen LogP contribution in [0.4, 0.5) is 0 Å². The van der Waals surface area contributed by atoms with E-state index >= 15 is 0 Å². The van der Waals surface area contributed by atoms with Gasteiger partial charge in [0.1, 0.15) is 5.88 Å². The molecule has 0 saturated carbocycles. The maximum absolute atomic E-state index is 11.6. The molecule has 0 aromatic heterocycles. The molecule has 1 aliphatic rings. The number of amides is 1. The Morgan fingerprint density at radius 1 is 1.04 bits per heavy atom. The Balaban J connectivity index is 2.08. The van der Waals surface area contributed by atoms with E-state index < -0.39 is 0 Å². The van der Waals surface area contributed by atoms with Crippen molar-refractivity contribution in [1.29, 1.82) is 0 Å². The number of hydrogen-bond donors (Lipinski definition) is 0. The molecule has 23 heavy (non-hydrogen) atoms. The van der Waals surface area contributed by atoms with E-state index in [1.165, 1.54) is 0 Å². The second kappa shape index (κ2) is 8.26. The van der Waals surface area contributed by atoms with Crippen molar-refractivity contribution < 1.29 is 19.0 Å². The molecular formula is C16H23ClN2O4. The van der Waals surface area contributed by atoms with Crippen LogP contribution in [0, 0.1) is 0 Å². The Hall–Kier alpha value is -1.66. The van der Waals surface area contributed by atoms with Gasteiger partial charge < -0.3 is 19.1 Å². The molecule has 1 fully saturated rings. The number of methoxy groups -OCH3 is 3. The Bertz CT molecular complexity index is 545. The van der Waals surface area contributed by atoms with E-state index in [0.29, 0.717) is 30.3 Å². The molecule has 2 rings (SSSR count). The van der Waals surface area contributed by atoms with E-state index in [1.807, 2.05) is 12.1 Å². The molecule has 1 saturated heterocycles. The summed E-state index contributed by atoms with van der Waals surface area (Å²) in [6, 6.07) is 3.86. The van der Waals surface area contributed by atoms with Crippen molar-refractivity contribution in [2.24, 2.45) is 0 Å². The van der Waals surface area contributed by atoms with Gasteiger partial charge in [-0.05, 0) is 6.07 Å². The van der Waals surface area contributed by atoms with Gasteiger partial charge in [-0.2, -0.15) is 0 Å². The second-order valence-electron chi connectivity index (χ2n) is 5.28. The number of ether oxygens (including phenoxy) is 3. The van der Waals surface area contributed by atoms with E-state index in [-0.39, 0.29) is 11.8 Å². The molecule has 0 aliphatic carbocycles. The smallest absolute Gasteiger partial charge is 0.237 e. The highest BCUT2D eigenvalue weighted by Crippen LogP contribution is 2.40. The van der Waals surface area contributed by atoms with Gasteiger partial charge in [0.2, 0.25) is 11.7 Å². The topological polar surface area (TPSA) is 51.2 Å². The molecule has 0 N–H and O–H groups in total. The minimum atomic E-state index is -0.00462. The van der Waals surface area contributed by atoms with Gasteiger partial charge in [-0.1, -0.05) is 6.07 Å². The molecule has 1 aromatic carbocycles. The quantitative estimate of drug-likeness (QED) is 0.735. The molecule has 0 bridgehead atoms. The van der Waals surface area contributed by atoms with Crippen LogP contribution < -0.4 is 14.2 Å². The van der Waals surface area contributed by atoms with Gasteiger partial charge in [0.25, 0.3) is 0 Å². The predicted octanol–water partition coefficient (Wildman–Crippen LogP) is 1.60. The third-order valence-electron chi connectivity index (χ3n) is 4.02. The fourth-order valence-corrected chi connectivity index (χ4v) is 2.94. The molecule has 6 nitrogen and oxygen atoms in total. The molecule has 1 aliphatic heterocycles. The number of piperazine rings is 1. The lowest BCUT2D eigenvalue weighted by Crippen LogP contribution is -2.48. The first-order chi connectivity index (χ1) is 11.1. The van der Waals surface area contributed by atoms with E-state index in [0.717, 1.165) is 25.2 Å². The molecule has 128 valence electrons. The number of hydrogen-bond acceptors (Lipinski definition) is 5. The van der Waals surface area contributed by atoms with Crippen molar-refractivity contribution in [3.63, 3.8) is 0 Å². The van der Waals surface area contributed by atoms with Crippen molar-refractivity contribution in [2.75, 3.05) is 53.4 Å². The van der Waals surface area contributed by atoms with Gasteiger partial charge in [0.05, 0.1) is 21.3 Å². The molecular weight excluding hydrogens is 320 g/mol. The standard InChI is InChI=1S/C16H23ClN2O4/c1-21-13-5-4-12(15(22-2)16(13)23-3)11-18-6-8-19(9-7-18)14(20)10-17/h4-5H,6-11H2,1-3H3. The molecule has 0 radical (unpaired) electrons. The Morgan fingerprint density at radius 2 is 1.70 bits per heavy atom. The number of nitrogens with zero attached hydrogens (tertiary/aromatic N) is 2. The molecule has 0 atom stereocenters. The van der Waals surface area contributed by atoms with Crippen molar-refractivity contribution in [2.45, 2.75) is 6.54 Å². The van der Waals surface area contributed by atoms with Crippen LogP contribution in [0.5, 0.6) is 17.2 Å². The van der Waals surface area contributed by atoms with Gasteiger partial charge in [-0.25, -0.2) is 0 Å². The average Bonchev–Trinajstić information content (AvgIpc) is 2.61. The van der Waals surface area contributed by atoms with Crippen LogP contribution >= 0.6 is 11.6 Å². The molecule has 0 spiro atoms. The summed E-state index contributed by atoms with van der Waals surface area (Å²) >= 11 is 5.61. The fourth-order valence-electron chi connectivity index (χ4n) is 2.77. The maximum atomic E-state index is 11.6. The summed E-state index contributed by atoms with van der Waals surface area (Å²) in [5.74, 6) is 1.97. The first kappa shape index (κ1) is 17.7. The minimum Gasteiger partial charge on any atom is -0.493 e. The van der Waals surface area contributed by atoms with Crippen molar-refractivity contribution in [1.82, 2.24) is 9.80 Å². The van der Waals surface area contributed by atoms with Crippen LogP contribution in [0.25, 0.3) is 0 Å². The van der Waals surface area contributed by atoms with Crippen LogP contribution in [-0.4, -0.2) is 69.1 Å². The fraction of sp³-hybridized carbons (Fsp3) is 0.562. The molecule has 7 heteroatoms. The van der Waals surface area contributed by atoms with Crippen molar-refractivity contribution >= 4 is 17.5 Å². The first-order valence-electron chi connectivity index (χ1n) is 7.48. The highest BCUT2D eigenvalue weighted by atomic mass is 35.5. The van der Waals surface area contributed by atoms with E-state index in [4.69, 9.17) is 25.8 Å². The lowest BCUT2D eigenvalue weighted by Gasteiger charge is -2.34. The lowest BCUT2D eigenvalue weighted by atomic mass is 10.1. The number of alkyl halides is 1. The average molecular weight is 343 g/mol. The van der Waals surface area contributed by atoms with E-state index in [2.05, 4.69) is 4.90 Å². The zero-order valence-corrected chi connectivity index (χ0v) is 14.6. The van der Waals surface area contributed by atoms with Gasteiger partial charge in [0, 0.05) is 38.3 Å². The molecule has 1 heterocycles. The summed E-state index contributed by atoms with van der Waals surface area (Å²) in [6.45, 7) is 3.73. The zero-order valence-electron chi connectivity index (χ0n) is 13.8. The monoisotopic (exact) mass is 342 g/mol. The Kier molecular flexibility index (Phi) is 6.36. The summed E-state index contributed by atoms with van der Waals surface area (Å²) in [5, 5.41) is 0. The highest BCUT2D eigenvalue weighted by molar-refractivity contribution is 6.27. The summed E-state index contributed by atoms with van der Waals surface area (Å²) in [6.07, 6.45) is 0. The van der Waals surface area contributed by atoms with Gasteiger partial charge in [-0.15, -0.1) is 11.6 Å². The first-order valence-corrected chi connectivity index (χ1v) is 8.02. The van der Waals surface area contributed by atoms with Gasteiger partial charge >= 0.3 is 0 Å². The zero-order chi connectivity index (χ0) is 16.8. The van der Waals surface area contributed by atoms with Crippen LogP contribution in [0.15, 0.2) is 12.1 Å². The van der Waals surface area contributed by atoms with E-state index in [1.54, 1.807) is 26.2 Å². The number of carbonyl (C=O) groups is 1. The van der Waals surface area contributed by atoms with Crippen LogP contribution in [0.3, 0.4) is 0 Å². The summed E-state index contributed by atoms with van der Waals surface area (Å²) in [4.78, 5) is 15.7. The van der Waals surface area contributed by atoms with Gasteiger partial charge in [-0.3, -0.25) is 9.69 Å². The van der Waals surface area contributed by atoms with Crippen molar-refractivity contribution in [3.8, 4) is 17.2 Å². The van der Waals surface area contributed by atoms with Crippen molar-refractivity contribution in [3.05, 3.63) is 17.7 Å². The maximum Gasteiger partial charge on any atom is 0.237 e. The van der Waals surface area contributed by atoms with Gasteiger partial charge in [0.15, 0.2) is 11.5 Å². The lowest BCUT2D eigenvalue weighted by molar-refractivity contribution is -0.130. The third kappa shape index (κ3) is 4.00. The number of carbonyl (C=O) groups excluding carboxylic acids is 1. The van der Waals surface area contributed by atoms with Crippen LogP contribution in [-0.2, 0) is 11.3 Å². The Morgan fingerprint density at radius 3 is 2.22 bits per heavy atom. The normalized spacial score (nSPS) is 15.4. The van der Waals surface area contributed by atoms with Crippen LogP contribution in [0.2, 0.25) is 0 Å². The largest absolute Gasteiger partial charge is 0.493 e. The Labute approximate surface area is 141 Å². The van der Waals surface area contributed by atoms with Crippen LogP contribution in [0.1, 0.15) is 5.56 Å². The third-order valence-corrected chi connectivity index (χ3v) is 4.25. The minimum absolute atomic E-state index is 0.00462. The summed E-state index contributed by atoms with van der Waals surface area (Å²) < 4.78 is 16.2. The SMILES string of the molecule is COc1ccc(CN2CCN(C(=O)CCl)CC2)c(OC)c1OC. The summed E-state index contributed by atoms with van der Waals surface area (Å²) in [5.41, 5.74) is 1.03. The second-order valence-corrected chi connectivity index (χ2v) is 5.55.